The van der Waals surface area contributed by atoms with Gasteiger partial charge in [-0.3, -0.25) is 14.5 Å². The number of unbranched alkanes of at least 4 members (excludes halogenated alkanes) is 1. The van der Waals surface area contributed by atoms with Crippen LogP contribution in [0.3, 0.4) is 0 Å². The van der Waals surface area contributed by atoms with Crippen molar-refractivity contribution in [1.82, 2.24) is 15.1 Å². The monoisotopic (exact) mass is 575 g/mol. The number of nitrogens with one attached hydrogen (secondary N) is 1. The number of hydrogen-bond donors (Lipinski definition) is 1. The summed E-state index contributed by atoms with van der Waals surface area (Å²) in [6, 6.07) is 25.2. The van der Waals surface area contributed by atoms with Crippen LogP contribution in [0.5, 0.6) is 0 Å². The number of nitrogens with zero attached hydrogens (tertiary/aromatic N) is 2. The van der Waals surface area contributed by atoms with E-state index in [1.807, 2.05) is 71.6 Å². The smallest absolute Gasteiger partial charge is 0.346 e. The molecule has 42 heavy (non-hydrogen) atoms. The van der Waals surface area contributed by atoms with Crippen LogP contribution >= 0.6 is 0 Å². The molecule has 0 atom stereocenters. The average Bonchev–Trinajstić information content (AvgIpc) is 3.77. The summed E-state index contributed by atoms with van der Waals surface area (Å²) in [5, 5.41) is 2.21. The second-order valence-electron chi connectivity index (χ2n) is 11.8. The van der Waals surface area contributed by atoms with Crippen LogP contribution in [0.2, 0.25) is 0 Å². The maximum atomic E-state index is 13.7. The van der Waals surface area contributed by atoms with Crippen molar-refractivity contribution in [2.24, 2.45) is 0 Å². The highest BCUT2D eigenvalue weighted by Crippen LogP contribution is 2.52. The van der Waals surface area contributed by atoms with Crippen molar-refractivity contribution < 1.29 is 22.8 Å². The Morgan fingerprint density at radius 3 is 1.90 bits per heavy atom. The normalized spacial score (nSPS) is 18.7. The first-order valence-electron chi connectivity index (χ1n) is 14.9. The molecule has 220 valence electrons. The molecular weight excluding hydrogens is 539 g/mol. The summed E-state index contributed by atoms with van der Waals surface area (Å²) in [7, 11) is 0. The maximum absolute atomic E-state index is 13.7. The van der Waals surface area contributed by atoms with E-state index in [9.17, 15) is 22.8 Å². The molecule has 8 heteroatoms. The Kier molecular flexibility index (Phi) is 7.60. The maximum Gasteiger partial charge on any atom is 0.405 e. The Hall–Kier alpha value is -3.65. The summed E-state index contributed by atoms with van der Waals surface area (Å²) >= 11 is 0. The van der Waals surface area contributed by atoms with Crippen LogP contribution < -0.4 is 5.32 Å². The minimum absolute atomic E-state index is 0.235. The molecule has 1 saturated heterocycles. The zero-order chi connectivity index (χ0) is 29.4. The highest BCUT2D eigenvalue weighted by atomic mass is 19.4. The van der Waals surface area contributed by atoms with Crippen molar-refractivity contribution >= 4 is 11.8 Å². The molecule has 0 spiro atoms. The van der Waals surface area contributed by atoms with Crippen LogP contribution in [0, 0.1) is 0 Å². The second-order valence-corrected chi connectivity index (χ2v) is 11.8. The lowest BCUT2D eigenvalue weighted by molar-refractivity contribution is -0.141. The van der Waals surface area contributed by atoms with Gasteiger partial charge >= 0.3 is 6.18 Å². The Balaban J connectivity index is 1.09. The first-order valence-corrected chi connectivity index (χ1v) is 14.9. The lowest BCUT2D eigenvalue weighted by Gasteiger charge is -2.37. The van der Waals surface area contributed by atoms with Gasteiger partial charge < -0.3 is 10.2 Å². The van der Waals surface area contributed by atoms with E-state index in [0.29, 0.717) is 25.9 Å². The van der Waals surface area contributed by atoms with Crippen molar-refractivity contribution in [2.75, 3.05) is 39.3 Å². The number of halogens is 3. The zero-order valence-corrected chi connectivity index (χ0v) is 23.6. The number of hydrogen-bond acceptors (Lipinski definition) is 3. The number of amides is 2. The molecule has 3 aromatic rings. The minimum atomic E-state index is -4.49. The number of piperazine rings is 1. The Morgan fingerprint density at radius 2 is 1.33 bits per heavy atom. The average molecular weight is 576 g/mol. The zero-order valence-electron chi connectivity index (χ0n) is 23.6. The molecule has 3 aromatic carbocycles. The van der Waals surface area contributed by atoms with Gasteiger partial charge in [-0.15, -0.1) is 0 Å². The molecule has 2 fully saturated rings. The van der Waals surface area contributed by atoms with Crippen LogP contribution in [0.4, 0.5) is 13.2 Å². The van der Waals surface area contributed by atoms with E-state index in [0.717, 1.165) is 66.7 Å². The van der Waals surface area contributed by atoms with Crippen LogP contribution in [0.15, 0.2) is 78.9 Å². The summed E-state index contributed by atoms with van der Waals surface area (Å²) in [6.07, 6.45) is -0.777. The van der Waals surface area contributed by atoms with E-state index in [2.05, 4.69) is 22.3 Å². The fraction of sp³-hybridized carbons (Fsp3) is 0.412. The SMILES string of the molecule is O=C(N1CCN(CCCCC2(C(=O)NCC(F)(F)F)c3ccccc3-c3ccccc32)CC1)C1(c2ccccc2)CC1. The number of benzene rings is 3. The van der Waals surface area contributed by atoms with Crippen molar-refractivity contribution in [3.8, 4) is 11.1 Å². The number of carbonyl (C=O) groups excluding carboxylic acids is 2. The van der Waals surface area contributed by atoms with E-state index < -0.39 is 24.0 Å². The van der Waals surface area contributed by atoms with E-state index in [4.69, 9.17) is 0 Å². The Morgan fingerprint density at radius 1 is 0.762 bits per heavy atom. The summed E-state index contributed by atoms with van der Waals surface area (Å²) in [5.41, 5.74) is 2.94. The lowest BCUT2D eigenvalue weighted by atomic mass is 9.73. The number of carbonyl (C=O) groups is 2. The molecule has 1 saturated carbocycles. The molecule has 6 rings (SSSR count). The van der Waals surface area contributed by atoms with Gasteiger partial charge in [0.25, 0.3) is 0 Å². The molecule has 5 nitrogen and oxygen atoms in total. The van der Waals surface area contributed by atoms with Gasteiger partial charge in [0, 0.05) is 26.2 Å². The van der Waals surface area contributed by atoms with Crippen LogP contribution in [-0.4, -0.2) is 67.1 Å². The molecule has 1 aliphatic heterocycles. The topological polar surface area (TPSA) is 52.7 Å². The van der Waals surface area contributed by atoms with Gasteiger partial charge in [0.05, 0.1) is 5.41 Å². The van der Waals surface area contributed by atoms with Gasteiger partial charge in [-0.2, -0.15) is 13.2 Å². The lowest BCUT2D eigenvalue weighted by Crippen LogP contribution is -2.51. The molecule has 0 bridgehead atoms. The highest BCUT2D eigenvalue weighted by molar-refractivity contribution is 6.00. The predicted molar refractivity (Wildman–Crippen MR) is 156 cm³/mol. The molecule has 1 heterocycles. The van der Waals surface area contributed by atoms with Gasteiger partial charge in [0.1, 0.15) is 12.0 Å². The van der Waals surface area contributed by atoms with Crippen molar-refractivity contribution in [3.05, 3.63) is 95.6 Å². The van der Waals surface area contributed by atoms with Crippen molar-refractivity contribution in [2.45, 2.75) is 49.1 Å². The largest absolute Gasteiger partial charge is 0.405 e. The van der Waals surface area contributed by atoms with Crippen LogP contribution in [0.1, 0.15) is 48.8 Å². The molecule has 1 N–H and O–H groups in total. The summed E-state index contributed by atoms with van der Waals surface area (Å²) < 4.78 is 39.4. The van der Waals surface area contributed by atoms with Crippen molar-refractivity contribution in [1.29, 1.82) is 0 Å². The van der Waals surface area contributed by atoms with Gasteiger partial charge in [0.15, 0.2) is 0 Å². The van der Waals surface area contributed by atoms with E-state index in [-0.39, 0.29) is 11.3 Å². The highest BCUT2D eigenvalue weighted by Gasteiger charge is 2.53. The van der Waals surface area contributed by atoms with E-state index >= 15 is 0 Å². The molecule has 2 aliphatic carbocycles. The van der Waals surface area contributed by atoms with Crippen LogP contribution in [-0.2, 0) is 20.4 Å². The molecule has 2 amide bonds. The minimum Gasteiger partial charge on any atom is -0.346 e. The third-order valence-electron chi connectivity index (χ3n) is 9.32. The quantitative estimate of drug-likeness (QED) is 0.334. The van der Waals surface area contributed by atoms with Gasteiger partial charge in [-0.25, -0.2) is 0 Å². The predicted octanol–water partition coefficient (Wildman–Crippen LogP) is 5.68. The third kappa shape index (κ3) is 5.21. The fourth-order valence-electron chi connectivity index (χ4n) is 7.00. The molecular formula is C34H36F3N3O2. The van der Waals surface area contributed by atoms with E-state index in [1.54, 1.807) is 0 Å². The first kappa shape index (κ1) is 28.5. The summed E-state index contributed by atoms with van der Waals surface area (Å²) in [4.78, 5) is 31.4. The van der Waals surface area contributed by atoms with Crippen molar-refractivity contribution in [3.63, 3.8) is 0 Å². The molecule has 0 unspecified atom stereocenters. The van der Waals surface area contributed by atoms with Gasteiger partial charge in [-0.05, 0) is 60.0 Å². The summed E-state index contributed by atoms with van der Waals surface area (Å²) in [5.74, 6) is -0.365. The van der Waals surface area contributed by atoms with Crippen LogP contribution in [0.25, 0.3) is 11.1 Å². The number of alkyl halides is 3. The van der Waals surface area contributed by atoms with E-state index in [1.165, 1.54) is 0 Å². The number of fused-ring (bicyclic) bond motifs is 3. The van der Waals surface area contributed by atoms with Gasteiger partial charge in [0.2, 0.25) is 11.8 Å². The first-order chi connectivity index (χ1) is 20.2. The second kappa shape index (κ2) is 11.2. The fourth-order valence-corrected chi connectivity index (χ4v) is 7.00. The molecule has 3 aliphatic rings. The summed E-state index contributed by atoms with van der Waals surface area (Å²) in [6.45, 7) is 2.43. The molecule has 0 radical (unpaired) electrons. The van der Waals surface area contributed by atoms with Gasteiger partial charge in [-0.1, -0.05) is 85.3 Å². The third-order valence-corrected chi connectivity index (χ3v) is 9.32. The molecule has 0 aromatic heterocycles. The standard InChI is InChI=1S/C34H36F3N3O2/c35-34(36,37)24-38-30(41)33(28-14-6-4-12-26(28)27-13-5-7-15-29(27)33)16-8-9-19-39-20-22-40(23-21-39)31(42)32(17-18-32)25-10-2-1-3-11-25/h1-7,10-15H,8-9,16-24H2,(H,38,41). The number of rotatable bonds is 9. The Bertz CT molecular complexity index is 1400. The Labute approximate surface area is 244 Å².